The summed E-state index contributed by atoms with van der Waals surface area (Å²) in [5.74, 6) is -0.508. The maximum atomic E-state index is 13.1. The Morgan fingerprint density at radius 2 is 2.14 bits per heavy atom. The van der Waals surface area contributed by atoms with Gasteiger partial charge in [0.05, 0.1) is 5.69 Å². The lowest BCUT2D eigenvalue weighted by molar-refractivity contribution is -0.116. The molecular formula is C17H16FN3O. The molecule has 0 unspecified atom stereocenters. The monoisotopic (exact) mass is 297 g/mol. The van der Waals surface area contributed by atoms with Gasteiger partial charge in [0.1, 0.15) is 11.5 Å². The smallest absolute Gasteiger partial charge is 0.224 e. The number of benzene rings is 1. The molecule has 112 valence electrons. The highest BCUT2D eigenvalue weighted by molar-refractivity contribution is 5.90. The van der Waals surface area contributed by atoms with E-state index in [9.17, 15) is 9.18 Å². The third-order valence-electron chi connectivity index (χ3n) is 3.53. The average Bonchev–Trinajstić information content (AvgIpc) is 2.80. The largest absolute Gasteiger partial charge is 0.326 e. The number of nitrogens with one attached hydrogen (secondary N) is 1. The van der Waals surface area contributed by atoms with Gasteiger partial charge in [0.15, 0.2) is 0 Å². The minimum Gasteiger partial charge on any atom is -0.326 e. The van der Waals surface area contributed by atoms with Gasteiger partial charge in [0.25, 0.3) is 0 Å². The topological polar surface area (TPSA) is 46.4 Å². The summed E-state index contributed by atoms with van der Waals surface area (Å²) in [5.41, 5.74) is 3.29. The summed E-state index contributed by atoms with van der Waals surface area (Å²) in [7, 11) is 0. The summed E-state index contributed by atoms with van der Waals surface area (Å²) >= 11 is 0. The van der Waals surface area contributed by atoms with Gasteiger partial charge in [0.2, 0.25) is 5.91 Å². The molecule has 0 radical (unpaired) electrons. The molecular weight excluding hydrogens is 281 g/mol. The molecule has 1 aromatic carbocycles. The van der Waals surface area contributed by atoms with Crippen LogP contribution in [0.3, 0.4) is 0 Å². The van der Waals surface area contributed by atoms with Crippen molar-refractivity contribution in [2.24, 2.45) is 0 Å². The second-order valence-electron chi connectivity index (χ2n) is 5.13. The quantitative estimate of drug-likeness (QED) is 0.802. The van der Waals surface area contributed by atoms with Gasteiger partial charge in [-0.3, -0.25) is 4.79 Å². The fraction of sp³-hybridized carbons (Fsp3) is 0.176. The minimum absolute atomic E-state index is 0.143. The van der Waals surface area contributed by atoms with Crippen molar-refractivity contribution < 1.29 is 9.18 Å². The van der Waals surface area contributed by atoms with E-state index >= 15 is 0 Å². The van der Waals surface area contributed by atoms with E-state index in [1.165, 1.54) is 12.1 Å². The minimum atomic E-state index is -0.365. The first kappa shape index (κ1) is 14.3. The normalized spacial score (nSPS) is 10.8. The number of carbonyl (C=O) groups excluding carboxylic acids is 1. The number of hydrogen-bond donors (Lipinski definition) is 1. The molecule has 1 amide bonds. The molecule has 0 fully saturated rings. The summed E-state index contributed by atoms with van der Waals surface area (Å²) in [6, 6.07) is 11.7. The Morgan fingerprint density at radius 3 is 2.95 bits per heavy atom. The van der Waals surface area contributed by atoms with E-state index in [0.717, 1.165) is 17.0 Å². The Kier molecular flexibility index (Phi) is 3.87. The maximum Gasteiger partial charge on any atom is 0.224 e. The second kappa shape index (κ2) is 5.97. The zero-order valence-corrected chi connectivity index (χ0v) is 12.2. The molecule has 2 heterocycles. The van der Waals surface area contributed by atoms with Gasteiger partial charge < -0.3 is 9.72 Å². The number of imidazole rings is 1. The molecule has 4 nitrogen and oxygen atoms in total. The zero-order chi connectivity index (χ0) is 15.5. The number of carbonyl (C=O) groups is 1. The number of aryl methyl sites for hydroxylation is 2. The molecule has 22 heavy (non-hydrogen) atoms. The number of anilines is 1. The van der Waals surface area contributed by atoms with E-state index in [1.54, 1.807) is 12.1 Å². The van der Waals surface area contributed by atoms with Crippen LogP contribution in [0.2, 0.25) is 0 Å². The fourth-order valence-corrected chi connectivity index (χ4v) is 2.49. The molecule has 0 atom stereocenters. The van der Waals surface area contributed by atoms with Crippen LogP contribution in [0.5, 0.6) is 0 Å². The van der Waals surface area contributed by atoms with E-state index in [1.807, 2.05) is 35.7 Å². The van der Waals surface area contributed by atoms with Crippen LogP contribution >= 0.6 is 0 Å². The number of halogens is 1. The van der Waals surface area contributed by atoms with Crippen LogP contribution in [0.15, 0.2) is 48.7 Å². The van der Waals surface area contributed by atoms with Crippen LogP contribution in [-0.2, 0) is 11.2 Å². The predicted octanol–water partition coefficient (Wildman–Crippen LogP) is 3.35. The van der Waals surface area contributed by atoms with Gasteiger partial charge in [-0.05, 0) is 43.7 Å². The third kappa shape index (κ3) is 2.98. The molecule has 0 bridgehead atoms. The lowest BCUT2D eigenvalue weighted by Gasteiger charge is -2.06. The number of fused-ring (bicyclic) bond motifs is 1. The lowest BCUT2D eigenvalue weighted by Crippen LogP contribution is -2.13. The Morgan fingerprint density at radius 1 is 1.27 bits per heavy atom. The lowest BCUT2D eigenvalue weighted by atomic mass is 10.2. The number of amides is 1. The van der Waals surface area contributed by atoms with Gasteiger partial charge in [0, 0.05) is 24.0 Å². The molecule has 1 N–H and O–H groups in total. The van der Waals surface area contributed by atoms with Crippen molar-refractivity contribution in [3.05, 3.63) is 65.9 Å². The Labute approximate surface area is 127 Å². The van der Waals surface area contributed by atoms with Crippen molar-refractivity contribution in [3.63, 3.8) is 0 Å². The molecule has 3 rings (SSSR count). The molecule has 0 aliphatic heterocycles. The van der Waals surface area contributed by atoms with Crippen LogP contribution < -0.4 is 5.32 Å². The highest BCUT2D eigenvalue weighted by Crippen LogP contribution is 2.15. The Hall–Kier alpha value is -2.69. The first-order chi connectivity index (χ1) is 10.6. The van der Waals surface area contributed by atoms with Crippen LogP contribution in [-0.4, -0.2) is 15.3 Å². The van der Waals surface area contributed by atoms with E-state index < -0.39 is 0 Å². The van der Waals surface area contributed by atoms with Gasteiger partial charge in [-0.25, -0.2) is 9.37 Å². The summed E-state index contributed by atoms with van der Waals surface area (Å²) in [4.78, 5) is 16.5. The number of hydrogen-bond acceptors (Lipinski definition) is 2. The SMILES string of the molecule is Cc1nc2ccccn2c1CCC(=O)Nc1cccc(F)c1. The molecule has 2 aromatic heterocycles. The zero-order valence-electron chi connectivity index (χ0n) is 12.2. The first-order valence-electron chi connectivity index (χ1n) is 7.11. The summed E-state index contributed by atoms with van der Waals surface area (Å²) in [5, 5.41) is 2.70. The number of aromatic nitrogens is 2. The molecule has 0 saturated carbocycles. The number of rotatable bonds is 4. The third-order valence-corrected chi connectivity index (χ3v) is 3.53. The van der Waals surface area contributed by atoms with Crippen LogP contribution in [0.1, 0.15) is 17.8 Å². The van der Waals surface area contributed by atoms with Crippen molar-refractivity contribution >= 4 is 17.2 Å². The first-order valence-corrected chi connectivity index (χ1v) is 7.11. The van der Waals surface area contributed by atoms with Gasteiger partial charge in [-0.15, -0.1) is 0 Å². The van der Waals surface area contributed by atoms with Crippen LogP contribution in [0.25, 0.3) is 5.65 Å². The average molecular weight is 297 g/mol. The van der Waals surface area contributed by atoms with Crippen molar-refractivity contribution in [1.29, 1.82) is 0 Å². The van der Waals surface area contributed by atoms with Crippen molar-refractivity contribution in [1.82, 2.24) is 9.38 Å². The second-order valence-corrected chi connectivity index (χ2v) is 5.13. The van der Waals surface area contributed by atoms with E-state index in [4.69, 9.17) is 0 Å². The van der Waals surface area contributed by atoms with Crippen LogP contribution in [0.4, 0.5) is 10.1 Å². The van der Waals surface area contributed by atoms with Crippen molar-refractivity contribution in [2.45, 2.75) is 19.8 Å². The fourth-order valence-electron chi connectivity index (χ4n) is 2.49. The molecule has 0 saturated heterocycles. The Bertz CT molecular complexity index is 826. The summed E-state index contributed by atoms with van der Waals surface area (Å²) < 4.78 is 15.1. The van der Waals surface area contributed by atoms with Gasteiger partial charge in [-0.1, -0.05) is 12.1 Å². The maximum absolute atomic E-state index is 13.1. The number of nitrogens with zero attached hydrogens (tertiary/aromatic N) is 2. The van der Waals surface area contributed by atoms with E-state index in [-0.39, 0.29) is 11.7 Å². The summed E-state index contributed by atoms with van der Waals surface area (Å²) in [6.45, 7) is 1.94. The van der Waals surface area contributed by atoms with E-state index in [0.29, 0.717) is 18.5 Å². The van der Waals surface area contributed by atoms with Crippen LogP contribution in [0, 0.1) is 12.7 Å². The Balaban J connectivity index is 1.69. The van der Waals surface area contributed by atoms with Crippen molar-refractivity contribution in [3.8, 4) is 0 Å². The molecule has 0 spiro atoms. The molecule has 0 aliphatic rings. The standard InChI is InChI=1S/C17H16FN3O/c1-12-15(21-10-3-2-7-16(21)19-12)8-9-17(22)20-14-6-4-5-13(18)11-14/h2-7,10-11H,8-9H2,1H3,(H,20,22). The van der Waals surface area contributed by atoms with Gasteiger partial charge in [-0.2, -0.15) is 0 Å². The number of pyridine rings is 1. The predicted molar refractivity (Wildman–Crippen MR) is 83.3 cm³/mol. The molecule has 3 aromatic rings. The summed E-state index contributed by atoms with van der Waals surface area (Å²) in [6.07, 6.45) is 2.84. The van der Waals surface area contributed by atoms with Gasteiger partial charge >= 0.3 is 0 Å². The molecule has 5 heteroatoms. The highest BCUT2D eigenvalue weighted by atomic mass is 19.1. The molecule has 0 aliphatic carbocycles. The van der Waals surface area contributed by atoms with Crippen molar-refractivity contribution in [2.75, 3.05) is 5.32 Å². The van der Waals surface area contributed by atoms with E-state index in [2.05, 4.69) is 10.3 Å². The highest BCUT2D eigenvalue weighted by Gasteiger charge is 2.10.